The Morgan fingerprint density at radius 3 is 0.883 bits per heavy atom. The topological polar surface area (TPSA) is 0 Å². The number of halogens is 6. The molecule has 424 valence electrons. The summed E-state index contributed by atoms with van der Waals surface area (Å²) in [7, 11) is 0. The van der Waals surface area contributed by atoms with Gasteiger partial charge in [-0.2, -0.15) is 26.3 Å². The highest BCUT2D eigenvalue weighted by atomic mass is 32.1. The van der Waals surface area contributed by atoms with Crippen molar-refractivity contribution in [2.45, 2.75) is 251 Å². The van der Waals surface area contributed by atoms with Crippen LogP contribution in [0.15, 0.2) is 60.7 Å². The number of alkyl halides is 6. The summed E-state index contributed by atoms with van der Waals surface area (Å²) in [6.45, 7) is 8.68. The van der Waals surface area contributed by atoms with E-state index in [0.717, 1.165) is 93.5 Å². The summed E-state index contributed by atoms with van der Waals surface area (Å²) in [5, 5.41) is 0. The summed E-state index contributed by atoms with van der Waals surface area (Å²) < 4.78 is 100. The van der Waals surface area contributed by atoms with E-state index < -0.39 is 28.9 Å². The van der Waals surface area contributed by atoms with Crippen LogP contribution in [0.3, 0.4) is 0 Å². The second-order valence-electron chi connectivity index (χ2n) is 21.7. The van der Waals surface area contributed by atoms with Crippen molar-refractivity contribution in [2.24, 2.45) is 0 Å². The lowest BCUT2D eigenvalue weighted by Crippen LogP contribution is -2.49. The van der Waals surface area contributed by atoms with Crippen molar-refractivity contribution in [3.63, 3.8) is 0 Å². The van der Waals surface area contributed by atoms with E-state index in [1.807, 2.05) is 24.3 Å². The minimum atomic E-state index is -5.63. The first-order valence-corrected chi connectivity index (χ1v) is 34.8. The summed E-state index contributed by atoms with van der Waals surface area (Å²) in [4.78, 5) is 10.9. The number of thiophene rings is 6. The first kappa shape index (κ1) is 62.1. The molecule has 0 radical (unpaired) electrons. The summed E-state index contributed by atoms with van der Waals surface area (Å²) in [6, 6.07) is 19.8. The molecule has 0 nitrogen and oxygen atoms in total. The summed E-state index contributed by atoms with van der Waals surface area (Å²) in [5.74, 6) is -15.9. The number of allylic oxidation sites excluding steroid dienone is 2. The van der Waals surface area contributed by atoms with E-state index in [4.69, 9.17) is 0 Å². The average Bonchev–Trinajstić information content (AvgIpc) is 4.42. The fourth-order valence-electron chi connectivity index (χ4n) is 10.8. The van der Waals surface area contributed by atoms with Crippen LogP contribution < -0.4 is 0 Å². The molecule has 0 bridgehead atoms. The second kappa shape index (κ2) is 31.1. The van der Waals surface area contributed by atoms with E-state index in [-0.39, 0.29) is 11.1 Å². The summed E-state index contributed by atoms with van der Waals surface area (Å²) in [5.41, 5.74) is -2.71. The molecule has 0 saturated carbocycles. The van der Waals surface area contributed by atoms with Crippen molar-refractivity contribution in [3.8, 4) is 39.0 Å². The number of unbranched alkanes of at least 4 members (excludes halogenated alkanes) is 24. The molecule has 0 atom stereocenters. The van der Waals surface area contributed by atoms with Crippen molar-refractivity contribution < 1.29 is 26.3 Å². The van der Waals surface area contributed by atoms with Crippen LogP contribution in [0, 0.1) is 0 Å². The smallest absolute Gasteiger partial charge is 0.194 e. The molecule has 7 rings (SSSR count). The van der Waals surface area contributed by atoms with Gasteiger partial charge in [0.25, 0.3) is 0 Å². The third-order valence-corrected chi connectivity index (χ3v) is 23.0. The first-order valence-electron chi connectivity index (χ1n) is 29.9. The van der Waals surface area contributed by atoms with Crippen molar-refractivity contribution in [3.05, 3.63) is 91.3 Å². The van der Waals surface area contributed by atoms with Gasteiger partial charge in [0.05, 0.1) is 0 Å². The summed E-state index contributed by atoms with van der Waals surface area (Å²) >= 11 is 9.22. The zero-order chi connectivity index (χ0) is 54.7. The Kier molecular flexibility index (Phi) is 25.1. The Morgan fingerprint density at radius 1 is 0.286 bits per heavy atom. The molecule has 0 saturated heterocycles. The maximum absolute atomic E-state index is 16.9. The maximum atomic E-state index is 16.9. The van der Waals surface area contributed by atoms with Crippen molar-refractivity contribution in [1.29, 1.82) is 0 Å². The second-order valence-corrected chi connectivity index (χ2v) is 28.5. The lowest BCUT2D eigenvalue weighted by Gasteiger charge is -2.26. The van der Waals surface area contributed by atoms with Crippen LogP contribution in [-0.4, -0.2) is 17.8 Å². The van der Waals surface area contributed by atoms with E-state index in [9.17, 15) is 0 Å². The van der Waals surface area contributed by atoms with Crippen molar-refractivity contribution in [1.82, 2.24) is 0 Å². The molecule has 0 spiro atoms. The molecule has 0 aromatic carbocycles. The molecule has 0 N–H and O–H groups in total. The van der Waals surface area contributed by atoms with Gasteiger partial charge in [-0.15, -0.1) is 68.0 Å². The monoisotopic (exact) mass is 1170 g/mol. The Labute approximate surface area is 483 Å². The van der Waals surface area contributed by atoms with Gasteiger partial charge in [0.15, 0.2) is 0 Å². The highest BCUT2D eigenvalue weighted by Gasteiger charge is 2.80. The van der Waals surface area contributed by atoms with E-state index in [1.54, 1.807) is 45.3 Å². The van der Waals surface area contributed by atoms with Gasteiger partial charge in [0.2, 0.25) is 0 Å². The Balaban J connectivity index is 1.15. The minimum absolute atomic E-state index is 0.155. The van der Waals surface area contributed by atoms with Crippen LogP contribution in [-0.2, 0) is 25.7 Å². The van der Waals surface area contributed by atoms with Crippen LogP contribution in [0.1, 0.15) is 238 Å². The molecule has 0 aliphatic heterocycles. The SMILES string of the molecule is CCCCCCCCCCCCc1ccc(-c2ccc(-c3cc(C4=C(c5cc(-c6ccc(-c7ccc(CCCCCCCCCCCC)s7)s6)sc5CCCCCC)C(F)(F)C(F)(F)C4(F)F)c(CCCCCC)s3)s2)s1. The molecular formula is C65H86F6S6. The molecule has 6 aromatic heterocycles. The molecule has 6 aromatic rings. The van der Waals surface area contributed by atoms with Gasteiger partial charge in [0, 0.05) is 69.7 Å². The number of aryl methyl sites for hydroxylation is 4. The molecule has 0 amide bonds. The molecule has 0 unspecified atom stereocenters. The molecular weight excluding hydrogens is 1090 g/mol. The van der Waals surface area contributed by atoms with E-state index in [1.165, 1.54) is 160 Å². The van der Waals surface area contributed by atoms with Gasteiger partial charge in [-0.1, -0.05) is 182 Å². The van der Waals surface area contributed by atoms with Gasteiger partial charge in [-0.05, 0) is 123 Å². The maximum Gasteiger partial charge on any atom is 0.380 e. The Morgan fingerprint density at radius 2 is 0.545 bits per heavy atom. The number of hydrogen-bond acceptors (Lipinski definition) is 6. The minimum Gasteiger partial charge on any atom is -0.194 e. The molecule has 12 heteroatoms. The molecule has 1 aliphatic carbocycles. The van der Waals surface area contributed by atoms with Crippen LogP contribution in [0.2, 0.25) is 0 Å². The normalized spacial score (nSPS) is 15.0. The molecule has 1 aliphatic rings. The van der Waals surface area contributed by atoms with Gasteiger partial charge in [-0.25, -0.2) is 0 Å². The quantitative estimate of drug-likeness (QED) is 0.0268. The van der Waals surface area contributed by atoms with Gasteiger partial charge in [-0.3, -0.25) is 0 Å². The zero-order valence-electron chi connectivity index (χ0n) is 46.6. The third kappa shape index (κ3) is 16.4. The van der Waals surface area contributed by atoms with Crippen LogP contribution in [0.25, 0.3) is 50.2 Å². The summed E-state index contributed by atoms with van der Waals surface area (Å²) in [6.07, 6.45) is 35.3. The fraction of sp³-hybridized carbons (Fsp3) is 0.600. The lowest BCUT2D eigenvalue weighted by molar-refractivity contribution is -0.254. The van der Waals surface area contributed by atoms with Crippen molar-refractivity contribution >= 4 is 79.2 Å². The van der Waals surface area contributed by atoms with Crippen LogP contribution in [0.5, 0.6) is 0 Å². The number of hydrogen-bond donors (Lipinski definition) is 0. The van der Waals surface area contributed by atoms with E-state index >= 15 is 26.3 Å². The number of rotatable bonds is 38. The largest absolute Gasteiger partial charge is 0.380 e. The highest BCUT2D eigenvalue weighted by molar-refractivity contribution is 7.27. The van der Waals surface area contributed by atoms with E-state index in [2.05, 4.69) is 52.0 Å². The molecule has 0 fully saturated rings. The van der Waals surface area contributed by atoms with Gasteiger partial charge in [0.1, 0.15) is 0 Å². The predicted molar refractivity (Wildman–Crippen MR) is 330 cm³/mol. The Bertz CT molecular complexity index is 2500. The highest BCUT2D eigenvalue weighted by Crippen LogP contribution is 2.66. The predicted octanol–water partition coefficient (Wildman–Crippen LogP) is 25.7. The first-order chi connectivity index (χ1) is 37.3. The third-order valence-electron chi connectivity index (χ3n) is 15.4. The average molecular weight is 1170 g/mol. The fourth-order valence-corrected chi connectivity index (χ4v) is 17.7. The van der Waals surface area contributed by atoms with Crippen LogP contribution in [0.4, 0.5) is 26.3 Å². The van der Waals surface area contributed by atoms with Gasteiger partial charge < -0.3 is 0 Å². The standard InChI is InChI=1S/C65H86F6S6/c1-5-9-13-17-19-21-23-25-27-29-33-47-37-39-53(72-47)55-41-43-57(76-55)59-45-49(51(74-59)35-31-15-11-7-3)61-62(64(68,69)65(70,71)63(61,66)67)50-46-60(75-52(50)36-32-16-12-8-4)58-44-42-56(77-58)54-40-38-48(73-54)34-30-28-26-24-22-20-18-14-10-6-2/h37-46H,5-36H2,1-4H3. The van der Waals surface area contributed by atoms with Crippen LogP contribution >= 0.6 is 68.0 Å². The van der Waals surface area contributed by atoms with Gasteiger partial charge >= 0.3 is 17.8 Å². The molecule has 6 heterocycles. The lowest BCUT2D eigenvalue weighted by atomic mass is 9.93. The Hall–Kier alpha value is -2.48. The molecule has 77 heavy (non-hydrogen) atoms. The van der Waals surface area contributed by atoms with Crippen molar-refractivity contribution in [2.75, 3.05) is 0 Å². The zero-order valence-corrected chi connectivity index (χ0v) is 51.5. The van der Waals surface area contributed by atoms with E-state index in [0.29, 0.717) is 45.2 Å².